The molecule has 0 aromatic heterocycles. The number of carbonyl (C=O) groups is 1. The van der Waals surface area contributed by atoms with Crippen molar-refractivity contribution in [2.45, 2.75) is 19.8 Å². The summed E-state index contributed by atoms with van der Waals surface area (Å²) in [4.78, 5) is 11.0. The Morgan fingerprint density at radius 1 is 1.47 bits per heavy atom. The molecule has 0 unspecified atom stereocenters. The minimum Gasteiger partial charge on any atom is -0.478 e. The van der Waals surface area contributed by atoms with Crippen molar-refractivity contribution in [3.05, 3.63) is 29.3 Å². The van der Waals surface area contributed by atoms with Gasteiger partial charge in [-0.1, -0.05) is 11.6 Å². The van der Waals surface area contributed by atoms with E-state index in [0.29, 0.717) is 18.3 Å². The molecule has 0 bridgehead atoms. The maximum Gasteiger partial charge on any atom is 0.339 e. The van der Waals surface area contributed by atoms with E-state index in [4.69, 9.17) is 14.6 Å². The highest BCUT2D eigenvalue weighted by molar-refractivity contribution is 5.91. The molecule has 0 atom stereocenters. The number of aryl methyl sites for hydroxylation is 1. The van der Waals surface area contributed by atoms with Crippen LogP contribution in [0.3, 0.4) is 0 Å². The molecule has 92 valence electrons. The largest absolute Gasteiger partial charge is 0.478 e. The van der Waals surface area contributed by atoms with E-state index >= 15 is 0 Å². The van der Waals surface area contributed by atoms with Crippen LogP contribution in [0, 0.1) is 12.8 Å². The summed E-state index contributed by atoms with van der Waals surface area (Å²) >= 11 is 0. The van der Waals surface area contributed by atoms with Crippen molar-refractivity contribution in [3.63, 3.8) is 0 Å². The molecule has 0 spiro atoms. The number of carboxylic acids is 1. The van der Waals surface area contributed by atoms with Crippen LogP contribution in [0.5, 0.6) is 5.75 Å². The van der Waals surface area contributed by atoms with Crippen molar-refractivity contribution in [3.8, 4) is 5.75 Å². The van der Waals surface area contributed by atoms with Crippen molar-refractivity contribution >= 4 is 5.97 Å². The van der Waals surface area contributed by atoms with Gasteiger partial charge in [0.25, 0.3) is 0 Å². The maximum absolute atomic E-state index is 11.0. The van der Waals surface area contributed by atoms with Crippen molar-refractivity contribution < 1.29 is 19.4 Å². The van der Waals surface area contributed by atoms with Crippen LogP contribution in [0.2, 0.25) is 0 Å². The third-order valence-corrected chi connectivity index (χ3v) is 2.71. The second-order valence-electron chi connectivity index (χ2n) is 4.38. The average molecular weight is 236 g/mol. The standard InChI is InChI=1S/C13H16O4/c1-9-2-5-12(11(6-9)13(14)15)17-8-16-7-10-3-4-10/h2,5-6,10H,3-4,7-8H2,1H3,(H,14,15). The van der Waals surface area contributed by atoms with Gasteiger partial charge in [0, 0.05) is 0 Å². The Labute approximate surface area is 100 Å². The smallest absolute Gasteiger partial charge is 0.339 e. The zero-order valence-corrected chi connectivity index (χ0v) is 9.81. The predicted molar refractivity (Wildman–Crippen MR) is 62.3 cm³/mol. The molecule has 1 N–H and O–H groups in total. The molecular weight excluding hydrogens is 220 g/mol. The van der Waals surface area contributed by atoms with E-state index < -0.39 is 5.97 Å². The molecule has 17 heavy (non-hydrogen) atoms. The zero-order chi connectivity index (χ0) is 12.3. The number of rotatable bonds is 6. The number of benzene rings is 1. The van der Waals surface area contributed by atoms with Crippen LogP contribution in [0.1, 0.15) is 28.8 Å². The predicted octanol–water partition coefficient (Wildman–Crippen LogP) is 2.46. The van der Waals surface area contributed by atoms with Crippen LogP contribution in [-0.4, -0.2) is 24.5 Å². The Bertz CT molecular complexity index is 410. The lowest BCUT2D eigenvalue weighted by molar-refractivity contribution is 0.00918. The first-order valence-corrected chi connectivity index (χ1v) is 5.71. The third kappa shape index (κ3) is 3.46. The first-order valence-electron chi connectivity index (χ1n) is 5.71. The summed E-state index contributed by atoms with van der Waals surface area (Å²) in [6.07, 6.45) is 2.45. The SMILES string of the molecule is Cc1ccc(OCOCC2CC2)c(C(=O)O)c1. The maximum atomic E-state index is 11.0. The third-order valence-electron chi connectivity index (χ3n) is 2.71. The number of aromatic carboxylic acids is 1. The fraction of sp³-hybridized carbons (Fsp3) is 0.462. The average Bonchev–Trinajstić information content (AvgIpc) is 3.09. The quantitative estimate of drug-likeness (QED) is 0.609. The molecule has 0 heterocycles. The highest BCUT2D eigenvalue weighted by atomic mass is 16.7. The molecule has 1 fully saturated rings. The topological polar surface area (TPSA) is 55.8 Å². The fourth-order valence-electron chi connectivity index (χ4n) is 1.54. The molecule has 4 nitrogen and oxygen atoms in total. The Balaban J connectivity index is 1.91. The van der Waals surface area contributed by atoms with Gasteiger partial charge < -0.3 is 14.6 Å². The van der Waals surface area contributed by atoms with Gasteiger partial charge in [0.1, 0.15) is 11.3 Å². The van der Waals surface area contributed by atoms with Crippen LogP contribution in [0.25, 0.3) is 0 Å². The first-order chi connectivity index (χ1) is 8.16. The van der Waals surface area contributed by atoms with Crippen molar-refractivity contribution in [2.75, 3.05) is 13.4 Å². The number of carboxylic acid groups (broad SMARTS) is 1. The van der Waals surface area contributed by atoms with Crippen molar-refractivity contribution in [1.29, 1.82) is 0 Å². The highest BCUT2D eigenvalue weighted by Crippen LogP contribution is 2.28. The van der Waals surface area contributed by atoms with E-state index in [-0.39, 0.29) is 12.4 Å². The number of hydrogen-bond donors (Lipinski definition) is 1. The van der Waals surface area contributed by atoms with E-state index in [0.717, 1.165) is 5.56 Å². The Morgan fingerprint density at radius 3 is 2.88 bits per heavy atom. The second-order valence-corrected chi connectivity index (χ2v) is 4.38. The number of ether oxygens (including phenoxy) is 2. The van der Waals surface area contributed by atoms with Gasteiger partial charge in [0.05, 0.1) is 6.61 Å². The van der Waals surface area contributed by atoms with E-state index in [1.165, 1.54) is 12.8 Å². The van der Waals surface area contributed by atoms with Crippen molar-refractivity contribution in [2.24, 2.45) is 5.92 Å². The van der Waals surface area contributed by atoms with Crippen LogP contribution in [0.15, 0.2) is 18.2 Å². The zero-order valence-electron chi connectivity index (χ0n) is 9.81. The van der Waals surface area contributed by atoms with Gasteiger partial charge in [0.2, 0.25) is 0 Å². The Morgan fingerprint density at radius 2 is 2.24 bits per heavy atom. The van der Waals surface area contributed by atoms with Gasteiger partial charge in [-0.25, -0.2) is 4.79 Å². The summed E-state index contributed by atoms with van der Waals surface area (Å²) in [5.41, 5.74) is 1.08. The lowest BCUT2D eigenvalue weighted by Gasteiger charge is -2.10. The molecule has 1 aromatic rings. The minimum absolute atomic E-state index is 0.111. The summed E-state index contributed by atoms with van der Waals surface area (Å²) in [5, 5.41) is 9.02. The first kappa shape index (κ1) is 11.9. The molecule has 2 rings (SSSR count). The summed E-state index contributed by atoms with van der Waals surface area (Å²) in [6, 6.07) is 5.08. The Hall–Kier alpha value is -1.55. The molecule has 1 aliphatic rings. The summed E-state index contributed by atoms with van der Waals surface area (Å²) in [6.45, 7) is 2.66. The van der Waals surface area contributed by atoms with Gasteiger partial charge in [0.15, 0.2) is 6.79 Å². The molecule has 0 radical (unpaired) electrons. The van der Waals surface area contributed by atoms with Gasteiger partial charge in [-0.15, -0.1) is 0 Å². The van der Waals surface area contributed by atoms with E-state index in [9.17, 15) is 4.79 Å². The Kier molecular flexibility index (Phi) is 3.64. The van der Waals surface area contributed by atoms with E-state index in [2.05, 4.69) is 0 Å². The fourth-order valence-corrected chi connectivity index (χ4v) is 1.54. The minimum atomic E-state index is -0.981. The summed E-state index contributed by atoms with van der Waals surface area (Å²) < 4.78 is 10.6. The van der Waals surface area contributed by atoms with Gasteiger partial charge in [-0.05, 0) is 37.8 Å². The van der Waals surface area contributed by atoms with Crippen LogP contribution in [-0.2, 0) is 4.74 Å². The molecule has 0 amide bonds. The van der Waals surface area contributed by atoms with E-state index in [1.54, 1.807) is 12.1 Å². The van der Waals surface area contributed by atoms with Gasteiger partial charge in [-0.3, -0.25) is 0 Å². The summed E-state index contributed by atoms with van der Waals surface area (Å²) in [7, 11) is 0. The number of hydrogen-bond acceptors (Lipinski definition) is 3. The van der Waals surface area contributed by atoms with Gasteiger partial charge in [-0.2, -0.15) is 0 Å². The lowest BCUT2D eigenvalue weighted by atomic mass is 10.1. The second kappa shape index (κ2) is 5.19. The molecule has 1 saturated carbocycles. The molecule has 0 aliphatic heterocycles. The molecule has 1 aromatic carbocycles. The highest BCUT2D eigenvalue weighted by Gasteiger charge is 2.21. The summed E-state index contributed by atoms with van der Waals surface area (Å²) in [5.74, 6) is 0.0559. The lowest BCUT2D eigenvalue weighted by Crippen LogP contribution is -2.08. The normalized spacial score (nSPS) is 14.6. The molecule has 0 saturated heterocycles. The van der Waals surface area contributed by atoms with E-state index in [1.807, 2.05) is 13.0 Å². The van der Waals surface area contributed by atoms with Crippen molar-refractivity contribution in [1.82, 2.24) is 0 Å². The monoisotopic (exact) mass is 236 g/mol. The molecular formula is C13H16O4. The van der Waals surface area contributed by atoms with Crippen LogP contribution in [0.4, 0.5) is 0 Å². The van der Waals surface area contributed by atoms with Gasteiger partial charge >= 0.3 is 5.97 Å². The van der Waals surface area contributed by atoms with Crippen LogP contribution < -0.4 is 4.74 Å². The van der Waals surface area contributed by atoms with Crippen LogP contribution >= 0.6 is 0 Å². The molecule has 1 aliphatic carbocycles. The molecule has 4 heteroatoms.